The van der Waals surface area contributed by atoms with Crippen LogP contribution in [0.2, 0.25) is 0 Å². The van der Waals surface area contributed by atoms with E-state index in [1.165, 1.54) is 0 Å². The highest BCUT2D eigenvalue weighted by Crippen LogP contribution is 2.37. The topological polar surface area (TPSA) is 81.3 Å². The van der Waals surface area contributed by atoms with Gasteiger partial charge in [0.1, 0.15) is 5.75 Å². The van der Waals surface area contributed by atoms with Gasteiger partial charge in [-0.1, -0.05) is 5.92 Å². The fourth-order valence-corrected chi connectivity index (χ4v) is 3.78. The number of aromatic nitrogens is 2. The van der Waals surface area contributed by atoms with Crippen molar-refractivity contribution in [1.29, 1.82) is 0 Å². The Bertz CT molecular complexity index is 1340. The monoisotopic (exact) mass is 400 g/mol. The Kier molecular flexibility index (Phi) is 5.11. The molecular formula is C24H20N2O4. The number of hydrogen-bond acceptors (Lipinski definition) is 5. The smallest absolute Gasteiger partial charge is 0.311 e. The number of carbonyl (C=O) groups is 2. The van der Waals surface area contributed by atoms with Crippen LogP contribution >= 0.6 is 0 Å². The SMILES string of the molecule is C#CCOC(=O)CCC(=O)Oc1ccc2[nH]c3c(C)c4ccncc4c(C)c3c2c1. The van der Waals surface area contributed by atoms with E-state index in [4.69, 9.17) is 15.9 Å². The van der Waals surface area contributed by atoms with Crippen molar-refractivity contribution in [3.8, 4) is 18.1 Å². The van der Waals surface area contributed by atoms with Crippen molar-refractivity contribution < 1.29 is 19.1 Å². The summed E-state index contributed by atoms with van der Waals surface area (Å²) in [5, 5.41) is 4.30. The van der Waals surface area contributed by atoms with Gasteiger partial charge in [0.15, 0.2) is 6.61 Å². The Morgan fingerprint density at radius 2 is 1.87 bits per heavy atom. The van der Waals surface area contributed by atoms with Crippen molar-refractivity contribution in [3.63, 3.8) is 0 Å². The molecule has 0 aliphatic rings. The van der Waals surface area contributed by atoms with Gasteiger partial charge in [-0.25, -0.2) is 0 Å². The second-order valence-corrected chi connectivity index (χ2v) is 7.09. The van der Waals surface area contributed by atoms with Gasteiger partial charge in [0.25, 0.3) is 0 Å². The van der Waals surface area contributed by atoms with E-state index in [-0.39, 0.29) is 19.4 Å². The standard InChI is InChI=1S/C24H20N2O4/c1-4-11-29-21(27)7-8-22(28)30-16-5-6-20-18(12-16)23-14(2)19-13-25-10-9-17(19)15(3)24(23)26-20/h1,5-6,9-10,12-13,26H,7-8,11H2,2-3H3. The third-order valence-electron chi connectivity index (χ3n) is 5.23. The molecule has 4 rings (SSSR count). The molecule has 2 aromatic carbocycles. The van der Waals surface area contributed by atoms with E-state index in [1.807, 2.05) is 24.4 Å². The third kappa shape index (κ3) is 3.46. The third-order valence-corrected chi connectivity index (χ3v) is 5.23. The predicted molar refractivity (Wildman–Crippen MR) is 115 cm³/mol. The van der Waals surface area contributed by atoms with Crippen molar-refractivity contribution in [1.82, 2.24) is 9.97 Å². The van der Waals surface area contributed by atoms with Gasteiger partial charge in [0.05, 0.1) is 18.4 Å². The number of nitrogens with zero attached hydrogens (tertiary/aromatic N) is 1. The Balaban J connectivity index is 1.66. The normalized spacial score (nSPS) is 11.0. The molecule has 0 saturated heterocycles. The average Bonchev–Trinajstić information content (AvgIpc) is 3.14. The lowest BCUT2D eigenvalue weighted by Crippen LogP contribution is -2.12. The maximum atomic E-state index is 12.1. The number of aryl methyl sites for hydroxylation is 2. The van der Waals surface area contributed by atoms with E-state index < -0.39 is 11.9 Å². The molecule has 0 amide bonds. The summed E-state index contributed by atoms with van der Waals surface area (Å²) in [5.74, 6) is 1.60. The highest BCUT2D eigenvalue weighted by Gasteiger charge is 2.16. The second kappa shape index (κ2) is 7.88. The van der Waals surface area contributed by atoms with Crippen molar-refractivity contribution in [2.45, 2.75) is 26.7 Å². The zero-order valence-electron chi connectivity index (χ0n) is 16.7. The molecule has 6 heteroatoms. The number of rotatable bonds is 5. The first-order chi connectivity index (χ1) is 14.5. The molecule has 0 radical (unpaired) electrons. The Hall–Kier alpha value is -3.85. The van der Waals surface area contributed by atoms with Crippen LogP contribution in [0.25, 0.3) is 32.6 Å². The van der Waals surface area contributed by atoms with Gasteiger partial charge >= 0.3 is 11.9 Å². The fraction of sp³-hybridized carbons (Fsp3) is 0.208. The second-order valence-electron chi connectivity index (χ2n) is 7.09. The number of hydrogen-bond donors (Lipinski definition) is 1. The molecule has 2 aromatic heterocycles. The Morgan fingerprint density at radius 3 is 2.67 bits per heavy atom. The molecule has 0 saturated carbocycles. The van der Waals surface area contributed by atoms with Crippen molar-refractivity contribution in [3.05, 3.63) is 47.8 Å². The molecule has 2 heterocycles. The lowest BCUT2D eigenvalue weighted by Gasteiger charge is -2.08. The van der Waals surface area contributed by atoms with Crippen LogP contribution in [-0.4, -0.2) is 28.5 Å². The average molecular weight is 400 g/mol. The number of terminal acetylenes is 1. The van der Waals surface area contributed by atoms with Crippen molar-refractivity contribution in [2.24, 2.45) is 0 Å². The van der Waals surface area contributed by atoms with E-state index in [2.05, 4.69) is 29.7 Å². The Morgan fingerprint density at radius 1 is 1.07 bits per heavy atom. The minimum atomic E-state index is -0.524. The summed E-state index contributed by atoms with van der Waals surface area (Å²) in [6.45, 7) is 4.05. The molecule has 0 atom stereocenters. The maximum Gasteiger partial charge on any atom is 0.311 e. The van der Waals surface area contributed by atoms with Crippen LogP contribution in [-0.2, 0) is 14.3 Å². The van der Waals surface area contributed by atoms with Gasteiger partial charge in [-0.3, -0.25) is 14.6 Å². The summed E-state index contributed by atoms with van der Waals surface area (Å²) in [4.78, 5) is 31.4. The van der Waals surface area contributed by atoms with Crippen molar-refractivity contribution >= 4 is 44.5 Å². The molecule has 0 aliphatic carbocycles. The minimum Gasteiger partial charge on any atom is -0.452 e. The summed E-state index contributed by atoms with van der Waals surface area (Å²) >= 11 is 0. The lowest BCUT2D eigenvalue weighted by atomic mass is 9.97. The quantitative estimate of drug-likeness (QED) is 0.306. The van der Waals surface area contributed by atoms with Crippen LogP contribution in [0.1, 0.15) is 24.0 Å². The Labute approximate surface area is 173 Å². The fourth-order valence-electron chi connectivity index (χ4n) is 3.78. The predicted octanol–water partition coefficient (Wildman–Crippen LogP) is 4.35. The summed E-state index contributed by atoms with van der Waals surface area (Å²) < 4.78 is 10.2. The summed E-state index contributed by atoms with van der Waals surface area (Å²) in [5.41, 5.74) is 4.27. The van der Waals surface area contributed by atoms with Crippen LogP contribution < -0.4 is 4.74 Å². The molecule has 0 spiro atoms. The van der Waals surface area contributed by atoms with E-state index in [9.17, 15) is 9.59 Å². The molecule has 0 aliphatic heterocycles. The molecule has 0 bridgehead atoms. The minimum absolute atomic E-state index is 0.0763. The summed E-state index contributed by atoms with van der Waals surface area (Å²) in [6.07, 6.45) is 8.55. The largest absolute Gasteiger partial charge is 0.452 e. The molecular weight excluding hydrogens is 380 g/mol. The van der Waals surface area contributed by atoms with Gasteiger partial charge in [0, 0.05) is 34.1 Å². The molecule has 0 unspecified atom stereocenters. The molecule has 4 aromatic rings. The van der Waals surface area contributed by atoms with Gasteiger partial charge in [0.2, 0.25) is 0 Å². The van der Waals surface area contributed by atoms with Gasteiger partial charge in [-0.15, -0.1) is 6.42 Å². The first-order valence-corrected chi connectivity index (χ1v) is 9.57. The number of nitrogens with one attached hydrogen (secondary N) is 1. The number of fused-ring (bicyclic) bond motifs is 4. The van der Waals surface area contributed by atoms with Crippen LogP contribution in [0.5, 0.6) is 5.75 Å². The number of carbonyl (C=O) groups excluding carboxylic acids is 2. The highest BCUT2D eigenvalue weighted by atomic mass is 16.5. The van der Waals surface area contributed by atoms with Crippen LogP contribution in [0.3, 0.4) is 0 Å². The number of benzene rings is 2. The number of esters is 2. The van der Waals surface area contributed by atoms with E-state index in [0.717, 1.165) is 43.7 Å². The molecule has 150 valence electrons. The summed E-state index contributed by atoms with van der Waals surface area (Å²) in [7, 11) is 0. The van der Waals surface area contributed by atoms with Gasteiger partial charge in [-0.05, 0) is 54.6 Å². The maximum absolute atomic E-state index is 12.1. The number of H-pyrrole nitrogens is 1. The summed E-state index contributed by atoms with van der Waals surface area (Å²) in [6, 6.07) is 7.49. The molecule has 1 N–H and O–H groups in total. The number of pyridine rings is 1. The lowest BCUT2D eigenvalue weighted by molar-refractivity contribution is -0.145. The van der Waals surface area contributed by atoms with E-state index >= 15 is 0 Å². The van der Waals surface area contributed by atoms with Gasteiger partial charge in [-0.2, -0.15) is 0 Å². The van der Waals surface area contributed by atoms with Crippen LogP contribution in [0, 0.1) is 26.2 Å². The first kappa shape index (κ1) is 19.5. The molecule has 30 heavy (non-hydrogen) atoms. The number of aromatic amines is 1. The zero-order chi connectivity index (χ0) is 21.3. The molecule has 6 nitrogen and oxygen atoms in total. The van der Waals surface area contributed by atoms with Crippen molar-refractivity contribution in [2.75, 3.05) is 6.61 Å². The van der Waals surface area contributed by atoms with E-state index in [0.29, 0.717) is 5.75 Å². The number of ether oxygens (including phenoxy) is 2. The van der Waals surface area contributed by atoms with E-state index in [1.54, 1.807) is 12.3 Å². The molecule has 0 fully saturated rings. The first-order valence-electron chi connectivity index (χ1n) is 9.57. The van der Waals surface area contributed by atoms with Crippen LogP contribution in [0.4, 0.5) is 0 Å². The van der Waals surface area contributed by atoms with Crippen LogP contribution in [0.15, 0.2) is 36.7 Å². The highest BCUT2D eigenvalue weighted by molar-refractivity contribution is 6.16. The van der Waals surface area contributed by atoms with Gasteiger partial charge < -0.3 is 14.5 Å². The zero-order valence-corrected chi connectivity index (χ0v) is 16.7.